The van der Waals surface area contributed by atoms with Crippen LogP contribution in [0.2, 0.25) is 0 Å². The molecular weight excluding hydrogens is 1080 g/mol. The summed E-state index contributed by atoms with van der Waals surface area (Å²) in [7, 11) is 0. The number of allylic oxidation sites excluding steroid dienone is 2. The lowest BCUT2D eigenvalue weighted by atomic mass is 9.98. The van der Waals surface area contributed by atoms with Gasteiger partial charge in [-0.25, -0.2) is 0 Å². The van der Waals surface area contributed by atoms with Crippen molar-refractivity contribution in [1.29, 1.82) is 0 Å². The number of phenolic OH excluding ortho intramolecular Hbond substituents is 1. The van der Waals surface area contributed by atoms with Crippen LogP contribution < -0.4 is 39.8 Å². The van der Waals surface area contributed by atoms with Gasteiger partial charge >= 0.3 is 0 Å². The second-order valence-electron chi connectivity index (χ2n) is 18.1. The highest BCUT2D eigenvalue weighted by molar-refractivity contribution is 8.36. The number of hydrogen-bond acceptors (Lipinski definition) is 13. The third-order valence-corrected chi connectivity index (χ3v) is 21.6. The summed E-state index contributed by atoms with van der Waals surface area (Å²) in [4.78, 5) is 0. The third kappa shape index (κ3) is 12.1. The molecule has 4 aliphatic rings. The van der Waals surface area contributed by atoms with Gasteiger partial charge in [-0.05, 0) is 240 Å². The smallest absolute Gasteiger partial charge is 0.120 e. The maximum atomic E-state index is 11.1. The van der Waals surface area contributed by atoms with Gasteiger partial charge in [0.05, 0.1) is 30.2 Å². The number of rotatable bonds is 20. The quantitative estimate of drug-likeness (QED) is 0.0448. The maximum Gasteiger partial charge on any atom is 0.120 e. The molecule has 4 heterocycles. The van der Waals surface area contributed by atoms with E-state index in [-0.39, 0.29) is 19.0 Å². The lowest BCUT2D eigenvalue weighted by Crippen LogP contribution is -2.17. The van der Waals surface area contributed by atoms with Crippen molar-refractivity contribution in [3.05, 3.63) is 192 Å². The van der Waals surface area contributed by atoms with Crippen molar-refractivity contribution in [3.63, 3.8) is 0 Å². The molecule has 0 unspecified atom stereocenters. The van der Waals surface area contributed by atoms with Gasteiger partial charge in [0.2, 0.25) is 0 Å². The standard InChI is InChI=1S/C62H54O5S8/c1-3-5-7-9-11-21-64-43-13-17-47-51(34-43)55(59-68-23-24-69-59)49-19-15-45(36-53(49)57(47)61-72-27-28-73-61)66-38-40-31-41(33-42(63)32-40)39-67-46-16-20-50-54(37-46)58(62-74-29-30-75-62)48-18-14-44(65-22-12-10-8-6-4-2)35-52(48)56(50)60-70-25-26-71-60/h3-4,13-20,23-37,63H,1-2,5-12,21-22,38-39H2. The number of aromatic hydroxyl groups is 1. The molecule has 13 heteroatoms. The van der Waals surface area contributed by atoms with Gasteiger partial charge < -0.3 is 24.1 Å². The first-order valence-electron chi connectivity index (χ1n) is 25.1. The molecule has 7 aromatic carbocycles. The highest BCUT2D eigenvalue weighted by atomic mass is 32.2. The summed E-state index contributed by atoms with van der Waals surface area (Å²) in [5.74, 6) is 3.48. The highest BCUT2D eigenvalue weighted by Gasteiger charge is 2.20. The van der Waals surface area contributed by atoms with Gasteiger partial charge in [-0.2, -0.15) is 0 Å². The molecule has 0 fully saturated rings. The van der Waals surface area contributed by atoms with E-state index in [4.69, 9.17) is 18.9 Å². The Morgan fingerprint density at radius 3 is 0.960 bits per heavy atom. The number of thioether (sulfide) groups is 8. The van der Waals surface area contributed by atoms with Crippen LogP contribution in [0.1, 0.15) is 62.5 Å². The average molecular weight is 1140 g/mol. The summed E-state index contributed by atoms with van der Waals surface area (Å²) in [5, 5.41) is 42.6. The van der Waals surface area contributed by atoms with Crippen molar-refractivity contribution >= 4 is 154 Å². The van der Waals surface area contributed by atoms with E-state index in [1.54, 1.807) is 106 Å². The Bertz CT molecular complexity index is 3490. The molecule has 4 aliphatic heterocycles. The van der Waals surface area contributed by atoms with Crippen LogP contribution in [-0.4, -0.2) is 18.3 Å². The summed E-state index contributed by atoms with van der Waals surface area (Å²) in [6.45, 7) is 9.65. The predicted octanol–water partition coefficient (Wildman–Crippen LogP) is 17.5. The third-order valence-electron chi connectivity index (χ3n) is 13.0. The minimum atomic E-state index is 0.170. The Kier molecular flexibility index (Phi) is 17.6. The summed E-state index contributed by atoms with van der Waals surface area (Å²) < 4.78 is 31.0. The fourth-order valence-electron chi connectivity index (χ4n) is 9.67. The van der Waals surface area contributed by atoms with E-state index in [0.717, 1.165) is 96.3 Å². The van der Waals surface area contributed by atoms with Crippen LogP contribution >= 0.6 is 94.1 Å². The molecule has 0 bridgehead atoms. The van der Waals surface area contributed by atoms with Gasteiger partial charge in [-0.3, -0.25) is 0 Å². The zero-order valence-electron chi connectivity index (χ0n) is 41.2. The molecule has 380 valence electrons. The summed E-state index contributed by atoms with van der Waals surface area (Å²) in [5.41, 5.74) is 1.71. The molecule has 11 rings (SSSR count). The molecule has 1 N–H and O–H groups in total. The zero-order chi connectivity index (χ0) is 50.9. The van der Waals surface area contributed by atoms with E-state index in [0.29, 0.717) is 13.2 Å². The second kappa shape index (κ2) is 25.2. The van der Waals surface area contributed by atoms with Crippen LogP contribution in [0, 0.1) is 0 Å². The minimum Gasteiger partial charge on any atom is -0.508 e. The molecular formula is C62H54O5S8. The first kappa shape index (κ1) is 52.4. The normalized spacial score (nSPS) is 15.0. The number of hydrogen-bond donors (Lipinski definition) is 1. The van der Waals surface area contributed by atoms with Crippen molar-refractivity contribution in [1.82, 2.24) is 0 Å². The number of phenols is 1. The number of ether oxygens (including phenoxy) is 4. The molecule has 75 heavy (non-hydrogen) atoms. The van der Waals surface area contributed by atoms with E-state index < -0.39 is 0 Å². The Hall–Kier alpha value is -4.70. The van der Waals surface area contributed by atoms with Crippen LogP contribution in [0.15, 0.2) is 160 Å². The van der Waals surface area contributed by atoms with Gasteiger partial charge in [0, 0.05) is 20.9 Å². The Morgan fingerprint density at radius 2 is 0.653 bits per heavy atom. The van der Waals surface area contributed by atoms with Gasteiger partial charge in [0.1, 0.15) is 42.0 Å². The first-order valence-corrected chi connectivity index (χ1v) is 32.1. The topological polar surface area (TPSA) is 57.2 Å². The Balaban J connectivity index is 0.874. The monoisotopic (exact) mass is 1130 g/mol. The van der Waals surface area contributed by atoms with Crippen LogP contribution in [-0.2, 0) is 13.2 Å². The number of fused-ring (bicyclic) bond motifs is 4. The van der Waals surface area contributed by atoms with Gasteiger partial charge in [-0.1, -0.05) is 106 Å². The zero-order valence-corrected chi connectivity index (χ0v) is 47.7. The van der Waals surface area contributed by atoms with Crippen molar-refractivity contribution < 1.29 is 24.1 Å². The van der Waals surface area contributed by atoms with Crippen molar-refractivity contribution in [2.45, 2.75) is 64.6 Å². The predicted molar refractivity (Wildman–Crippen MR) is 337 cm³/mol. The van der Waals surface area contributed by atoms with E-state index >= 15 is 0 Å². The molecule has 0 atom stereocenters. The molecule has 0 aromatic heterocycles. The second-order valence-corrected chi connectivity index (χ2v) is 26.4. The number of unbranched alkanes of at least 4 members (excludes halogenated alkanes) is 6. The molecule has 0 saturated heterocycles. The average Bonchev–Trinajstić information content (AvgIpc) is 4.32. The first-order chi connectivity index (χ1) is 37.0. The molecule has 0 saturated carbocycles. The fourth-order valence-corrected chi connectivity index (χ4v) is 17.4. The van der Waals surface area contributed by atoms with Gasteiger partial charge in [-0.15, -0.1) is 13.2 Å². The molecule has 0 radical (unpaired) electrons. The van der Waals surface area contributed by atoms with Crippen molar-refractivity contribution in [3.8, 4) is 28.7 Å². The minimum absolute atomic E-state index is 0.170. The van der Waals surface area contributed by atoms with Crippen LogP contribution in [0.5, 0.6) is 28.7 Å². The summed E-state index contributed by atoms with van der Waals surface area (Å²) in [6.07, 6.45) is 12.6. The Labute approximate surface area is 472 Å². The lowest BCUT2D eigenvalue weighted by Gasteiger charge is -2.15. The largest absolute Gasteiger partial charge is 0.508 e. The summed E-state index contributed by atoms with van der Waals surface area (Å²) >= 11 is 14.1. The molecule has 7 aromatic rings. The van der Waals surface area contributed by atoms with E-state index in [1.807, 2.05) is 12.2 Å². The van der Waals surface area contributed by atoms with E-state index in [9.17, 15) is 5.11 Å². The SMILES string of the molecule is C=CCCCCCOc1ccc2c(=C3SC=CS3)c3cc(OCc4cc(O)cc(COc5ccc6c(=C7SC=CS7)c7cc(OCCCCCC=C)ccc7c(=C7SC=CS7)c6c5)c4)ccc3c(=C3SC=CS3)c2c1. The van der Waals surface area contributed by atoms with E-state index in [2.05, 4.69) is 135 Å². The number of benzene rings is 7. The van der Waals surface area contributed by atoms with Crippen LogP contribution in [0.4, 0.5) is 0 Å². The van der Waals surface area contributed by atoms with Crippen LogP contribution in [0.25, 0.3) is 60.0 Å². The fraction of sp³-hybridized carbons (Fsp3) is 0.194. The molecule has 0 spiro atoms. The lowest BCUT2D eigenvalue weighted by molar-refractivity contribution is 0.299. The highest BCUT2D eigenvalue weighted by Crippen LogP contribution is 2.44. The van der Waals surface area contributed by atoms with Crippen LogP contribution in [0.3, 0.4) is 0 Å². The maximum absolute atomic E-state index is 11.1. The van der Waals surface area contributed by atoms with Crippen molar-refractivity contribution in [2.24, 2.45) is 0 Å². The van der Waals surface area contributed by atoms with Gasteiger partial charge in [0.15, 0.2) is 0 Å². The molecule has 0 amide bonds. The van der Waals surface area contributed by atoms with Gasteiger partial charge in [0.25, 0.3) is 0 Å². The molecule has 0 aliphatic carbocycles. The summed E-state index contributed by atoms with van der Waals surface area (Å²) in [6, 6.07) is 31.8. The Morgan fingerprint density at radius 1 is 0.347 bits per heavy atom. The van der Waals surface area contributed by atoms with E-state index in [1.165, 1.54) is 70.1 Å². The molecule has 5 nitrogen and oxygen atoms in total. The van der Waals surface area contributed by atoms with Crippen molar-refractivity contribution in [2.75, 3.05) is 13.2 Å².